The molecular formula is C19H27N3O6. The summed E-state index contributed by atoms with van der Waals surface area (Å²) in [6.07, 6.45) is 8.31. The molecule has 1 N–H and O–H groups in total. The molecule has 1 aliphatic heterocycles. The first kappa shape index (κ1) is 20.3. The van der Waals surface area contributed by atoms with Crippen LogP contribution in [0.5, 0.6) is 0 Å². The van der Waals surface area contributed by atoms with Crippen LogP contribution >= 0.6 is 0 Å². The zero-order chi connectivity index (χ0) is 19.9. The first-order valence-corrected chi connectivity index (χ1v) is 9.91. The third kappa shape index (κ3) is 5.31. The maximum Gasteiger partial charge on any atom is 0.408 e. The van der Waals surface area contributed by atoms with Gasteiger partial charge in [0, 0.05) is 25.6 Å². The van der Waals surface area contributed by atoms with Crippen molar-refractivity contribution in [3.8, 4) is 0 Å². The van der Waals surface area contributed by atoms with Crippen molar-refractivity contribution in [1.82, 2.24) is 10.2 Å². The first-order chi connectivity index (χ1) is 13.5. The highest BCUT2D eigenvalue weighted by Crippen LogP contribution is 2.28. The normalized spacial score (nSPS) is 24.2. The van der Waals surface area contributed by atoms with E-state index in [0.29, 0.717) is 26.3 Å². The van der Waals surface area contributed by atoms with Gasteiger partial charge in [0.1, 0.15) is 12.1 Å². The quantitative estimate of drug-likeness (QED) is 0.565. The molecule has 2 fully saturated rings. The maximum absolute atomic E-state index is 13.0. The average Bonchev–Trinajstić information content (AvgIpc) is 2.73. The molecule has 0 aromatic heterocycles. The molecule has 9 heteroatoms. The minimum absolute atomic E-state index is 0.0113. The molecule has 2 atom stereocenters. The lowest BCUT2D eigenvalue weighted by molar-refractivity contribution is -0.419. The highest BCUT2D eigenvalue weighted by Gasteiger charge is 2.35. The molecule has 154 valence electrons. The Bertz CT molecular complexity index is 650. The van der Waals surface area contributed by atoms with E-state index in [9.17, 15) is 19.7 Å². The second-order valence-electron chi connectivity index (χ2n) is 7.38. The zero-order valence-corrected chi connectivity index (χ0v) is 15.9. The number of nitro groups is 1. The minimum atomic E-state index is -0.662. The van der Waals surface area contributed by atoms with Crippen molar-refractivity contribution in [2.24, 2.45) is 5.92 Å². The van der Waals surface area contributed by atoms with E-state index in [1.54, 1.807) is 4.90 Å². The number of hydrogen-bond donors (Lipinski definition) is 1. The molecule has 9 nitrogen and oxygen atoms in total. The number of nitrogens with one attached hydrogen (secondary N) is 1. The molecule has 0 spiro atoms. The third-order valence-corrected chi connectivity index (χ3v) is 5.49. The standard InChI is InChI=1S/C19H27N3O6/c23-18(21-10-12-27-13-11-21)17(14-4-2-1-3-5-14)20-19(24)28-16-8-6-15(7-9-16)22(25)26/h6-8,14,16-17H,1-5,9-13H2,(H,20,24)/t16?,17-/m0/s1. The average molecular weight is 393 g/mol. The van der Waals surface area contributed by atoms with Gasteiger partial charge in [0.05, 0.1) is 18.1 Å². The van der Waals surface area contributed by atoms with Gasteiger partial charge in [-0.3, -0.25) is 14.9 Å². The second-order valence-corrected chi connectivity index (χ2v) is 7.38. The fourth-order valence-corrected chi connectivity index (χ4v) is 3.94. The molecule has 0 radical (unpaired) electrons. The number of rotatable bonds is 5. The largest absolute Gasteiger partial charge is 0.442 e. The van der Waals surface area contributed by atoms with E-state index in [4.69, 9.17) is 9.47 Å². The predicted octanol–water partition coefficient (Wildman–Crippen LogP) is 2.01. The van der Waals surface area contributed by atoms with Gasteiger partial charge in [-0.25, -0.2) is 4.79 Å². The van der Waals surface area contributed by atoms with E-state index < -0.39 is 23.2 Å². The SMILES string of the molecule is O=C(N[C@H](C(=O)N1CCOCC1)C1CCCCC1)OC1C=CC([N+](=O)[O-])=CC1. The molecule has 0 aromatic rings. The molecule has 3 aliphatic rings. The van der Waals surface area contributed by atoms with Gasteiger partial charge < -0.3 is 19.7 Å². The highest BCUT2D eigenvalue weighted by molar-refractivity contribution is 5.86. The van der Waals surface area contributed by atoms with Crippen molar-refractivity contribution < 1.29 is 24.0 Å². The summed E-state index contributed by atoms with van der Waals surface area (Å²) in [7, 11) is 0. The topological polar surface area (TPSA) is 111 Å². The number of allylic oxidation sites excluding steroid dienone is 1. The number of alkyl carbamates (subject to hydrolysis) is 1. The Morgan fingerprint density at radius 3 is 2.57 bits per heavy atom. The van der Waals surface area contributed by atoms with E-state index >= 15 is 0 Å². The summed E-state index contributed by atoms with van der Waals surface area (Å²) in [5, 5.41) is 13.5. The smallest absolute Gasteiger partial charge is 0.408 e. The van der Waals surface area contributed by atoms with Crippen LogP contribution in [-0.4, -0.2) is 60.3 Å². The lowest BCUT2D eigenvalue weighted by Gasteiger charge is -2.35. The number of carbonyl (C=O) groups excluding carboxylic acids is 2. The molecule has 1 saturated heterocycles. The Balaban J connectivity index is 1.60. The molecule has 1 unspecified atom stereocenters. The van der Waals surface area contributed by atoms with Gasteiger partial charge in [0.15, 0.2) is 0 Å². The van der Waals surface area contributed by atoms with Crippen LogP contribution in [-0.2, 0) is 14.3 Å². The van der Waals surface area contributed by atoms with Gasteiger partial charge in [0.2, 0.25) is 5.91 Å². The Kier molecular flexibility index (Phi) is 7.02. The van der Waals surface area contributed by atoms with Gasteiger partial charge in [-0.05, 0) is 30.9 Å². The fourth-order valence-electron chi connectivity index (χ4n) is 3.94. The summed E-state index contributed by atoms with van der Waals surface area (Å²) < 4.78 is 10.7. The van der Waals surface area contributed by atoms with Crippen molar-refractivity contribution in [3.05, 3.63) is 34.0 Å². The molecule has 1 saturated carbocycles. The number of ether oxygens (including phenoxy) is 2. The Hall–Kier alpha value is -2.42. The summed E-state index contributed by atoms with van der Waals surface area (Å²) in [6.45, 7) is 2.06. The van der Waals surface area contributed by atoms with Crippen LogP contribution < -0.4 is 5.32 Å². The van der Waals surface area contributed by atoms with E-state index in [1.807, 2.05) is 0 Å². The second kappa shape index (κ2) is 9.68. The van der Waals surface area contributed by atoms with E-state index in [0.717, 1.165) is 32.1 Å². The fraction of sp³-hybridized carbons (Fsp3) is 0.684. The number of nitrogens with zero attached hydrogens (tertiary/aromatic N) is 2. The van der Waals surface area contributed by atoms with Crippen LogP contribution in [0.25, 0.3) is 0 Å². The monoisotopic (exact) mass is 393 g/mol. The van der Waals surface area contributed by atoms with Crippen LogP contribution in [0.2, 0.25) is 0 Å². The van der Waals surface area contributed by atoms with Crippen LogP contribution in [0, 0.1) is 16.0 Å². The van der Waals surface area contributed by atoms with Crippen LogP contribution in [0.3, 0.4) is 0 Å². The van der Waals surface area contributed by atoms with Gasteiger partial charge in [-0.15, -0.1) is 0 Å². The number of morpholine rings is 1. The van der Waals surface area contributed by atoms with E-state index in [2.05, 4.69) is 5.32 Å². The minimum Gasteiger partial charge on any atom is -0.442 e. The summed E-state index contributed by atoms with van der Waals surface area (Å²) in [4.78, 5) is 37.5. The predicted molar refractivity (Wildman–Crippen MR) is 100 cm³/mol. The van der Waals surface area contributed by atoms with Crippen molar-refractivity contribution in [2.75, 3.05) is 26.3 Å². The van der Waals surface area contributed by atoms with Crippen molar-refractivity contribution in [2.45, 2.75) is 50.7 Å². The highest BCUT2D eigenvalue weighted by atomic mass is 16.6. The number of carbonyl (C=O) groups is 2. The molecule has 0 bridgehead atoms. The molecule has 3 rings (SSSR count). The van der Waals surface area contributed by atoms with Gasteiger partial charge in [0.25, 0.3) is 5.70 Å². The summed E-state index contributed by atoms with van der Waals surface area (Å²) in [5.41, 5.74) is -0.0113. The van der Waals surface area contributed by atoms with E-state index in [1.165, 1.54) is 18.2 Å². The van der Waals surface area contributed by atoms with Crippen LogP contribution in [0.1, 0.15) is 38.5 Å². The third-order valence-electron chi connectivity index (χ3n) is 5.49. The Morgan fingerprint density at radius 2 is 1.96 bits per heavy atom. The summed E-state index contributed by atoms with van der Waals surface area (Å²) >= 11 is 0. The zero-order valence-electron chi connectivity index (χ0n) is 15.9. The van der Waals surface area contributed by atoms with Crippen LogP contribution in [0.4, 0.5) is 4.79 Å². The summed E-state index contributed by atoms with van der Waals surface area (Å²) in [5.74, 6) is 0.0152. The van der Waals surface area contributed by atoms with Crippen molar-refractivity contribution >= 4 is 12.0 Å². The lowest BCUT2D eigenvalue weighted by Crippen LogP contribution is -2.55. The molecule has 2 aliphatic carbocycles. The van der Waals surface area contributed by atoms with E-state index in [-0.39, 0.29) is 23.9 Å². The van der Waals surface area contributed by atoms with Crippen molar-refractivity contribution in [1.29, 1.82) is 0 Å². The maximum atomic E-state index is 13.0. The molecular weight excluding hydrogens is 366 g/mol. The lowest BCUT2D eigenvalue weighted by atomic mass is 9.83. The van der Waals surface area contributed by atoms with Crippen molar-refractivity contribution in [3.63, 3.8) is 0 Å². The van der Waals surface area contributed by atoms with Gasteiger partial charge in [-0.2, -0.15) is 0 Å². The summed E-state index contributed by atoms with van der Waals surface area (Å²) in [6, 6.07) is -0.608. The van der Waals surface area contributed by atoms with Gasteiger partial charge >= 0.3 is 6.09 Å². The van der Waals surface area contributed by atoms with Crippen LogP contribution in [0.15, 0.2) is 23.9 Å². The Morgan fingerprint density at radius 1 is 1.25 bits per heavy atom. The molecule has 2 amide bonds. The number of hydrogen-bond acceptors (Lipinski definition) is 6. The Labute approximate surface area is 163 Å². The van der Waals surface area contributed by atoms with Gasteiger partial charge in [-0.1, -0.05) is 19.3 Å². The molecule has 28 heavy (non-hydrogen) atoms. The number of amides is 2. The molecule has 1 heterocycles. The molecule has 0 aromatic carbocycles. The first-order valence-electron chi connectivity index (χ1n) is 9.91.